The Bertz CT molecular complexity index is 646. The maximum absolute atomic E-state index is 12.7. The molecule has 0 saturated heterocycles. The number of ether oxygens (including phenoxy) is 3. The quantitative estimate of drug-likeness (QED) is 0.208. The van der Waals surface area contributed by atoms with Gasteiger partial charge in [0.25, 0.3) is 0 Å². The van der Waals surface area contributed by atoms with Crippen LogP contribution in [0.5, 0.6) is 0 Å². The molecule has 0 rings (SSSR count). The van der Waals surface area contributed by atoms with Crippen LogP contribution in [-0.4, -0.2) is 74.7 Å². The van der Waals surface area contributed by atoms with Crippen molar-refractivity contribution in [3.05, 3.63) is 0 Å². The van der Waals surface area contributed by atoms with Gasteiger partial charge in [0.2, 0.25) is 5.91 Å². The van der Waals surface area contributed by atoms with Crippen LogP contribution in [0.1, 0.15) is 108 Å². The predicted octanol–water partition coefficient (Wildman–Crippen LogP) is 5.74. The van der Waals surface area contributed by atoms with Crippen LogP contribution in [-0.2, 0) is 19.0 Å². The fourth-order valence-corrected chi connectivity index (χ4v) is 3.44. The second-order valence-electron chi connectivity index (χ2n) is 12.9. The van der Waals surface area contributed by atoms with Crippen LogP contribution in [0, 0.1) is 10.8 Å². The number of hydrogen-bond acceptors (Lipinski definition) is 5. The largest absolute Gasteiger partial charge is 0.378 e. The molecule has 2 unspecified atom stereocenters. The van der Waals surface area contributed by atoms with E-state index in [1.165, 1.54) is 4.90 Å². The molecule has 8 heteroatoms. The average Bonchev–Trinajstić information content (AvgIpc) is 2.76. The number of amides is 3. The highest BCUT2D eigenvalue weighted by Crippen LogP contribution is 2.23. The van der Waals surface area contributed by atoms with Crippen LogP contribution in [0.4, 0.5) is 4.79 Å². The molecule has 0 aliphatic heterocycles. The number of rotatable bonds is 19. The summed E-state index contributed by atoms with van der Waals surface area (Å²) in [5, 5.41) is 5.97. The Morgan fingerprint density at radius 1 is 0.811 bits per heavy atom. The lowest BCUT2D eigenvalue weighted by molar-refractivity contribution is -0.131. The van der Waals surface area contributed by atoms with E-state index in [1.54, 1.807) is 7.05 Å². The molecule has 0 saturated carbocycles. The Kier molecular flexibility index (Phi) is 16.6. The summed E-state index contributed by atoms with van der Waals surface area (Å²) >= 11 is 0. The zero-order valence-electron chi connectivity index (χ0n) is 25.9. The number of carbonyl (C=O) groups excluding carboxylic acids is 2. The lowest BCUT2D eigenvalue weighted by atomic mass is 9.88. The standard InChI is InChI=1S/C29H59N3O5/c1-12-13-23(2)36-22-32(11)26(34)31-18-14-24(3)35-20-17-28(7,8)25(33)30-19-15-29(9,10)37-21-16-27(4,5)6/h23-24H,12-22H2,1-11H3,(H,30,33)(H,31,34). The molecular weight excluding hydrogens is 470 g/mol. The smallest absolute Gasteiger partial charge is 0.318 e. The molecule has 37 heavy (non-hydrogen) atoms. The molecule has 0 bridgehead atoms. The molecule has 0 aromatic rings. The Morgan fingerprint density at radius 3 is 2.03 bits per heavy atom. The third kappa shape index (κ3) is 18.5. The molecule has 0 spiro atoms. The topological polar surface area (TPSA) is 89.1 Å². The summed E-state index contributed by atoms with van der Waals surface area (Å²) in [6.45, 7) is 23.4. The maximum Gasteiger partial charge on any atom is 0.318 e. The highest BCUT2D eigenvalue weighted by molar-refractivity contribution is 5.81. The van der Waals surface area contributed by atoms with E-state index in [4.69, 9.17) is 14.2 Å². The van der Waals surface area contributed by atoms with Crippen molar-refractivity contribution in [3.8, 4) is 0 Å². The summed E-state index contributed by atoms with van der Waals surface area (Å²) in [6.07, 6.45) is 5.25. The molecule has 0 heterocycles. The fourth-order valence-electron chi connectivity index (χ4n) is 3.44. The van der Waals surface area contributed by atoms with E-state index < -0.39 is 5.41 Å². The number of nitrogens with zero attached hydrogens (tertiary/aromatic N) is 1. The van der Waals surface area contributed by atoms with Crippen LogP contribution >= 0.6 is 0 Å². The molecule has 2 atom stereocenters. The van der Waals surface area contributed by atoms with Gasteiger partial charge in [-0.1, -0.05) is 48.0 Å². The first-order chi connectivity index (χ1) is 17.0. The first-order valence-corrected chi connectivity index (χ1v) is 14.1. The molecule has 3 amide bonds. The lowest BCUT2D eigenvalue weighted by Crippen LogP contribution is -2.41. The van der Waals surface area contributed by atoms with Crippen LogP contribution < -0.4 is 10.6 Å². The molecule has 0 fully saturated rings. The zero-order valence-corrected chi connectivity index (χ0v) is 25.9. The van der Waals surface area contributed by atoms with Crippen molar-refractivity contribution in [2.24, 2.45) is 10.8 Å². The van der Waals surface area contributed by atoms with Crippen LogP contribution in [0.15, 0.2) is 0 Å². The van der Waals surface area contributed by atoms with E-state index in [0.29, 0.717) is 32.5 Å². The Labute approximate surface area is 227 Å². The van der Waals surface area contributed by atoms with Gasteiger partial charge in [0.15, 0.2) is 0 Å². The SMILES string of the molecule is CCCC(C)OCN(C)C(=O)NCCC(C)OCCC(C)(C)C(=O)NCCC(C)(C)OCCC(C)(C)C. The van der Waals surface area contributed by atoms with E-state index in [9.17, 15) is 9.59 Å². The molecule has 0 aliphatic rings. The van der Waals surface area contributed by atoms with Crippen LogP contribution in [0.3, 0.4) is 0 Å². The highest BCUT2D eigenvalue weighted by atomic mass is 16.5. The highest BCUT2D eigenvalue weighted by Gasteiger charge is 2.28. The summed E-state index contributed by atoms with van der Waals surface area (Å²) < 4.78 is 17.6. The van der Waals surface area contributed by atoms with E-state index >= 15 is 0 Å². The maximum atomic E-state index is 12.7. The van der Waals surface area contributed by atoms with E-state index in [1.807, 2.05) is 27.7 Å². The van der Waals surface area contributed by atoms with Crippen molar-refractivity contribution >= 4 is 11.9 Å². The van der Waals surface area contributed by atoms with Crippen molar-refractivity contribution in [2.75, 3.05) is 40.1 Å². The van der Waals surface area contributed by atoms with Gasteiger partial charge in [-0.05, 0) is 65.2 Å². The van der Waals surface area contributed by atoms with Gasteiger partial charge in [0, 0.05) is 38.8 Å². The third-order valence-electron chi connectivity index (χ3n) is 6.52. The number of hydrogen-bond donors (Lipinski definition) is 2. The van der Waals surface area contributed by atoms with E-state index in [2.05, 4.69) is 52.2 Å². The minimum atomic E-state index is -0.525. The minimum absolute atomic E-state index is 0.0173. The normalized spacial score (nSPS) is 14.2. The first-order valence-electron chi connectivity index (χ1n) is 14.1. The zero-order chi connectivity index (χ0) is 28.7. The summed E-state index contributed by atoms with van der Waals surface area (Å²) in [5.74, 6) is 0.0278. The number of nitrogens with one attached hydrogen (secondary N) is 2. The molecule has 220 valence electrons. The lowest BCUT2D eigenvalue weighted by Gasteiger charge is -2.29. The Morgan fingerprint density at radius 2 is 1.43 bits per heavy atom. The average molecular weight is 530 g/mol. The molecular formula is C29H59N3O5. The van der Waals surface area contributed by atoms with Gasteiger partial charge in [0.05, 0.1) is 17.8 Å². The monoisotopic (exact) mass is 529 g/mol. The number of carbonyl (C=O) groups is 2. The Hall–Kier alpha value is -1.38. The van der Waals surface area contributed by atoms with Gasteiger partial charge in [-0.15, -0.1) is 0 Å². The molecule has 0 aliphatic carbocycles. The molecule has 0 radical (unpaired) electrons. The van der Waals surface area contributed by atoms with Crippen LogP contribution in [0.2, 0.25) is 0 Å². The van der Waals surface area contributed by atoms with Crippen molar-refractivity contribution in [1.82, 2.24) is 15.5 Å². The fraction of sp³-hybridized carbons (Fsp3) is 0.931. The molecule has 0 aromatic heterocycles. The predicted molar refractivity (Wildman–Crippen MR) is 152 cm³/mol. The van der Waals surface area contributed by atoms with Gasteiger partial charge in [-0.25, -0.2) is 4.79 Å². The summed E-state index contributed by atoms with van der Waals surface area (Å²) in [4.78, 5) is 26.5. The molecule has 0 aromatic carbocycles. The summed E-state index contributed by atoms with van der Waals surface area (Å²) in [7, 11) is 1.72. The minimum Gasteiger partial charge on any atom is -0.378 e. The second kappa shape index (κ2) is 17.3. The van der Waals surface area contributed by atoms with Gasteiger partial charge in [0.1, 0.15) is 6.73 Å². The molecule has 2 N–H and O–H groups in total. The molecule has 8 nitrogen and oxygen atoms in total. The van der Waals surface area contributed by atoms with E-state index in [0.717, 1.165) is 32.3 Å². The van der Waals surface area contributed by atoms with Gasteiger partial charge < -0.3 is 29.7 Å². The Balaban J connectivity index is 4.15. The van der Waals surface area contributed by atoms with Gasteiger partial charge in [-0.2, -0.15) is 0 Å². The third-order valence-corrected chi connectivity index (χ3v) is 6.52. The summed E-state index contributed by atoms with van der Waals surface area (Å²) in [5.41, 5.74) is -0.546. The van der Waals surface area contributed by atoms with Crippen molar-refractivity contribution < 1.29 is 23.8 Å². The van der Waals surface area contributed by atoms with Gasteiger partial charge in [-0.3, -0.25) is 4.79 Å². The summed E-state index contributed by atoms with van der Waals surface area (Å²) in [6, 6.07) is -0.156. The number of urea groups is 1. The van der Waals surface area contributed by atoms with Crippen LogP contribution in [0.25, 0.3) is 0 Å². The second-order valence-corrected chi connectivity index (χ2v) is 12.9. The van der Waals surface area contributed by atoms with Gasteiger partial charge >= 0.3 is 6.03 Å². The first kappa shape index (κ1) is 35.6. The van der Waals surface area contributed by atoms with Crippen molar-refractivity contribution in [2.45, 2.75) is 126 Å². The van der Waals surface area contributed by atoms with E-state index in [-0.39, 0.29) is 41.9 Å². The van der Waals surface area contributed by atoms with Crippen molar-refractivity contribution in [3.63, 3.8) is 0 Å². The van der Waals surface area contributed by atoms with Crippen molar-refractivity contribution in [1.29, 1.82) is 0 Å².